The first-order valence-corrected chi connectivity index (χ1v) is 9.25. The van der Waals surface area contributed by atoms with Crippen molar-refractivity contribution in [1.82, 2.24) is 0 Å². The van der Waals surface area contributed by atoms with Crippen molar-refractivity contribution in [1.29, 1.82) is 0 Å². The highest BCUT2D eigenvalue weighted by atomic mass is 14.4. The van der Waals surface area contributed by atoms with E-state index >= 15 is 0 Å². The van der Waals surface area contributed by atoms with Crippen molar-refractivity contribution in [2.45, 2.75) is 5.41 Å². The predicted molar refractivity (Wildman–Crippen MR) is 115 cm³/mol. The zero-order valence-corrected chi connectivity index (χ0v) is 15.3. The summed E-state index contributed by atoms with van der Waals surface area (Å²) in [6.45, 7) is 3.90. The van der Waals surface area contributed by atoms with Crippen LogP contribution in [0.25, 0.3) is 6.08 Å². The first-order valence-electron chi connectivity index (χ1n) is 9.25. The molecule has 4 rings (SSSR count). The van der Waals surface area contributed by atoms with Crippen LogP contribution in [-0.4, -0.2) is 0 Å². The summed E-state index contributed by atoms with van der Waals surface area (Å²) in [5.74, 6) is 0. The average Bonchev–Trinajstić information content (AvgIpc) is 2.77. The van der Waals surface area contributed by atoms with Crippen LogP contribution in [0.3, 0.4) is 0 Å². The van der Waals surface area contributed by atoms with Crippen LogP contribution in [0.2, 0.25) is 0 Å². The monoisotopic (exact) mass is 346 g/mol. The second kappa shape index (κ2) is 7.47. The van der Waals surface area contributed by atoms with Crippen LogP contribution >= 0.6 is 0 Å². The lowest BCUT2D eigenvalue weighted by molar-refractivity contribution is 0.745. The Balaban J connectivity index is 2.10. The highest BCUT2D eigenvalue weighted by Gasteiger charge is 2.37. The van der Waals surface area contributed by atoms with Crippen LogP contribution < -0.4 is 0 Å². The molecule has 0 saturated carbocycles. The molecule has 0 fully saturated rings. The van der Waals surface area contributed by atoms with E-state index in [1.54, 1.807) is 0 Å². The summed E-state index contributed by atoms with van der Waals surface area (Å²) in [6.07, 6.45) is 1.89. The Kier molecular flexibility index (Phi) is 4.72. The van der Waals surface area contributed by atoms with Crippen LogP contribution in [0.5, 0.6) is 0 Å². The Hall–Kier alpha value is -3.38. The van der Waals surface area contributed by atoms with E-state index in [0.29, 0.717) is 0 Å². The third kappa shape index (κ3) is 3.00. The van der Waals surface area contributed by atoms with Gasteiger partial charge in [-0.05, 0) is 27.8 Å². The van der Waals surface area contributed by atoms with Crippen molar-refractivity contribution in [3.8, 4) is 0 Å². The van der Waals surface area contributed by atoms with Gasteiger partial charge in [0.05, 0.1) is 5.41 Å². The van der Waals surface area contributed by atoms with Gasteiger partial charge in [-0.15, -0.1) is 0 Å². The van der Waals surface area contributed by atoms with Gasteiger partial charge in [-0.3, -0.25) is 0 Å². The first kappa shape index (κ1) is 17.1. The lowest BCUT2D eigenvalue weighted by atomic mass is 9.65. The maximum Gasteiger partial charge on any atom is 0.0701 e. The predicted octanol–water partition coefficient (Wildman–Crippen LogP) is 6.71. The summed E-state index contributed by atoms with van der Waals surface area (Å²) in [6, 6.07) is 41.0. The van der Waals surface area contributed by atoms with Gasteiger partial charge < -0.3 is 0 Å². The minimum atomic E-state index is -0.372. The zero-order valence-electron chi connectivity index (χ0n) is 15.3. The van der Waals surface area contributed by atoms with Gasteiger partial charge in [0.1, 0.15) is 0 Å². The van der Waals surface area contributed by atoms with Gasteiger partial charge in [0, 0.05) is 0 Å². The van der Waals surface area contributed by atoms with E-state index in [1.165, 1.54) is 22.3 Å². The molecule has 27 heavy (non-hydrogen) atoms. The van der Waals surface area contributed by atoms with Gasteiger partial charge in [-0.1, -0.05) is 128 Å². The van der Waals surface area contributed by atoms with E-state index in [4.69, 9.17) is 0 Å². The molecule has 0 nitrogen and oxygen atoms in total. The molecule has 0 amide bonds. The van der Waals surface area contributed by atoms with E-state index in [9.17, 15) is 0 Å². The topological polar surface area (TPSA) is 0 Å². The smallest absolute Gasteiger partial charge is 0.0701 e. The van der Waals surface area contributed by atoms with Crippen molar-refractivity contribution >= 4 is 6.08 Å². The van der Waals surface area contributed by atoms with E-state index < -0.39 is 0 Å². The molecule has 0 atom stereocenters. The van der Waals surface area contributed by atoms with Crippen LogP contribution in [0, 0.1) is 0 Å². The second-order valence-electron chi connectivity index (χ2n) is 6.67. The van der Waals surface area contributed by atoms with E-state index in [-0.39, 0.29) is 5.41 Å². The minimum absolute atomic E-state index is 0.372. The molecule has 0 heterocycles. The maximum absolute atomic E-state index is 3.90. The van der Waals surface area contributed by atoms with Crippen molar-refractivity contribution < 1.29 is 0 Å². The maximum atomic E-state index is 3.90. The molecular weight excluding hydrogens is 324 g/mol. The third-order valence-corrected chi connectivity index (χ3v) is 5.20. The van der Waals surface area contributed by atoms with Gasteiger partial charge >= 0.3 is 0 Å². The van der Waals surface area contributed by atoms with Crippen LogP contribution in [0.1, 0.15) is 27.8 Å². The largest absolute Gasteiger partial charge is 0.0985 e. The summed E-state index contributed by atoms with van der Waals surface area (Å²) in [7, 11) is 0. The number of hydrogen-bond donors (Lipinski definition) is 0. The molecule has 0 aromatic heterocycles. The molecular formula is C27H22. The molecule has 0 spiro atoms. The lowest BCUT2D eigenvalue weighted by Gasteiger charge is -2.36. The van der Waals surface area contributed by atoms with E-state index in [2.05, 4.69) is 122 Å². The molecule has 4 aromatic rings. The number of hydrogen-bond acceptors (Lipinski definition) is 0. The standard InChI is InChI=1S/C27H22/c1-2-22-18-20-26(21-19-22)27(23-12-6-3-7-13-23,24-14-8-4-9-15-24)25-16-10-5-11-17-25/h2-21H,1H2. The van der Waals surface area contributed by atoms with Crippen molar-refractivity contribution in [2.75, 3.05) is 0 Å². The average molecular weight is 346 g/mol. The van der Waals surface area contributed by atoms with E-state index in [1.807, 2.05) is 6.08 Å². The molecule has 0 unspecified atom stereocenters. The third-order valence-electron chi connectivity index (χ3n) is 5.20. The highest BCUT2D eigenvalue weighted by molar-refractivity contribution is 5.61. The number of rotatable bonds is 5. The fourth-order valence-electron chi connectivity index (χ4n) is 3.93. The van der Waals surface area contributed by atoms with Gasteiger partial charge in [-0.25, -0.2) is 0 Å². The quantitative estimate of drug-likeness (QED) is 0.352. The Morgan fingerprint density at radius 1 is 0.444 bits per heavy atom. The van der Waals surface area contributed by atoms with Gasteiger partial charge in [-0.2, -0.15) is 0 Å². The molecule has 0 heteroatoms. The van der Waals surface area contributed by atoms with Crippen LogP contribution in [-0.2, 0) is 5.41 Å². The molecule has 4 aromatic carbocycles. The second-order valence-corrected chi connectivity index (χ2v) is 6.67. The fourth-order valence-corrected chi connectivity index (χ4v) is 3.93. The van der Waals surface area contributed by atoms with Crippen molar-refractivity contribution in [3.63, 3.8) is 0 Å². The summed E-state index contributed by atoms with van der Waals surface area (Å²) < 4.78 is 0. The molecule has 0 aliphatic rings. The zero-order chi connectivity index (χ0) is 18.5. The fraction of sp³-hybridized carbons (Fsp3) is 0.0370. The SMILES string of the molecule is C=Cc1ccc(C(c2ccccc2)(c2ccccc2)c2ccccc2)cc1. The molecule has 0 saturated heterocycles. The van der Waals surface area contributed by atoms with Crippen molar-refractivity contribution in [3.05, 3.63) is 150 Å². The number of benzene rings is 4. The summed E-state index contributed by atoms with van der Waals surface area (Å²) in [5.41, 5.74) is 5.78. The first-order chi connectivity index (χ1) is 13.4. The Labute approximate surface area is 161 Å². The molecule has 0 N–H and O–H groups in total. The Bertz CT molecular complexity index is 901. The van der Waals surface area contributed by atoms with Crippen LogP contribution in [0.15, 0.2) is 122 Å². The lowest BCUT2D eigenvalue weighted by Crippen LogP contribution is -2.30. The molecule has 0 radical (unpaired) electrons. The molecule has 0 aliphatic carbocycles. The highest BCUT2D eigenvalue weighted by Crippen LogP contribution is 2.44. The summed E-state index contributed by atoms with van der Waals surface area (Å²) in [4.78, 5) is 0. The Morgan fingerprint density at radius 2 is 0.778 bits per heavy atom. The molecule has 0 bridgehead atoms. The summed E-state index contributed by atoms with van der Waals surface area (Å²) in [5, 5.41) is 0. The minimum Gasteiger partial charge on any atom is -0.0985 e. The Morgan fingerprint density at radius 3 is 1.11 bits per heavy atom. The van der Waals surface area contributed by atoms with Crippen LogP contribution in [0.4, 0.5) is 0 Å². The van der Waals surface area contributed by atoms with Crippen molar-refractivity contribution in [2.24, 2.45) is 0 Å². The molecule has 130 valence electrons. The summed E-state index contributed by atoms with van der Waals surface area (Å²) >= 11 is 0. The normalized spacial score (nSPS) is 11.1. The van der Waals surface area contributed by atoms with Gasteiger partial charge in [0.2, 0.25) is 0 Å². The molecule has 0 aliphatic heterocycles. The van der Waals surface area contributed by atoms with E-state index in [0.717, 1.165) is 5.56 Å². The van der Waals surface area contributed by atoms with Gasteiger partial charge in [0.15, 0.2) is 0 Å². The van der Waals surface area contributed by atoms with Gasteiger partial charge in [0.25, 0.3) is 0 Å².